The molecule has 2 aliphatic heterocycles. The number of nitrogens with one attached hydrogen (secondary N) is 1. The molecule has 0 spiro atoms. The van der Waals surface area contributed by atoms with Crippen LogP contribution < -0.4 is 10.2 Å². The van der Waals surface area contributed by atoms with Gasteiger partial charge in [0.25, 0.3) is 0 Å². The van der Waals surface area contributed by atoms with Crippen LogP contribution in [0.5, 0.6) is 0 Å². The molecule has 0 saturated carbocycles. The Morgan fingerprint density at radius 2 is 1.68 bits per heavy atom. The smallest absolute Gasteiger partial charge is 0.244 e. The van der Waals surface area contributed by atoms with Gasteiger partial charge in [0, 0.05) is 18.3 Å². The van der Waals surface area contributed by atoms with Gasteiger partial charge >= 0.3 is 0 Å². The van der Waals surface area contributed by atoms with Crippen LogP contribution in [-0.2, 0) is 24.2 Å². The largest absolute Gasteiger partial charge is 0.308 e. The third kappa shape index (κ3) is 2.13. The van der Waals surface area contributed by atoms with Gasteiger partial charge in [-0.15, -0.1) is 0 Å². The zero-order valence-electron chi connectivity index (χ0n) is 12.8. The minimum absolute atomic E-state index is 0.122. The second kappa shape index (κ2) is 5.25. The molecule has 0 saturated heterocycles. The van der Waals surface area contributed by atoms with E-state index in [1.807, 2.05) is 11.0 Å². The van der Waals surface area contributed by atoms with Crippen LogP contribution in [0.3, 0.4) is 0 Å². The first kappa shape index (κ1) is 13.5. The van der Waals surface area contributed by atoms with Gasteiger partial charge in [-0.1, -0.05) is 42.5 Å². The predicted molar refractivity (Wildman–Crippen MR) is 87.9 cm³/mol. The fourth-order valence-corrected chi connectivity index (χ4v) is 3.70. The summed E-state index contributed by atoms with van der Waals surface area (Å²) in [6.45, 7) is 2.91. The Morgan fingerprint density at radius 1 is 1.00 bits per heavy atom. The number of rotatable bonds is 1. The lowest BCUT2D eigenvalue weighted by Gasteiger charge is -2.31. The van der Waals surface area contributed by atoms with E-state index >= 15 is 0 Å². The standard InChI is InChI=1S/C19H20N2O/c1-13-10-15-7-4-5-9-18(15)21(13)19(22)17-11-14-6-2-3-8-16(14)12-20-17/h2-9,13,17,20H,10-12H2,1H3. The number of hydrogen-bond acceptors (Lipinski definition) is 2. The molecule has 0 aliphatic carbocycles. The van der Waals surface area contributed by atoms with Crippen molar-refractivity contribution in [2.75, 3.05) is 4.90 Å². The maximum Gasteiger partial charge on any atom is 0.244 e. The fourth-order valence-electron chi connectivity index (χ4n) is 3.70. The maximum atomic E-state index is 13.0. The molecule has 2 atom stereocenters. The molecule has 112 valence electrons. The number of nitrogens with zero attached hydrogens (tertiary/aromatic N) is 1. The number of carbonyl (C=O) groups is 1. The van der Waals surface area contributed by atoms with Crippen LogP contribution in [-0.4, -0.2) is 18.0 Å². The summed E-state index contributed by atoms with van der Waals surface area (Å²) in [7, 11) is 0. The third-order valence-corrected chi connectivity index (χ3v) is 4.82. The molecule has 0 radical (unpaired) electrons. The summed E-state index contributed by atoms with van der Waals surface area (Å²) in [5.74, 6) is 0.201. The Morgan fingerprint density at radius 3 is 2.50 bits per heavy atom. The number of hydrogen-bond donors (Lipinski definition) is 1. The highest BCUT2D eigenvalue weighted by Crippen LogP contribution is 2.33. The van der Waals surface area contributed by atoms with Gasteiger partial charge in [0.2, 0.25) is 5.91 Å². The number of fused-ring (bicyclic) bond motifs is 2. The second-order valence-corrected chi connectivity index (χ2v) is 6.30. The van der Waals surface area contributed by atoms with Crippen LogP contribution in [0.2, 0.25) is 0 Å². The van der Waals surface area contributed by atoms with E-state index in [-0.39, 0.29) is 18.0 Å². The lowest BCUT2D eigenvalue weighted by Crippen LogP contribution is -2.51. The molecule has 2 aromatic rings. The maximum absolute atomic E-state index is 13.0. The highest BCUT2D eigenvalue weighted by molar-refractivity contribution is 5.99. The summed E-state index contributed by atoms with van der Waals surface area (Å²) in [4.78, 5) is 15.0. The van der Waals surface area contributed by atoms with Crippen molar-refractivity contribution in [3.8, 4) is 0 Å². The third-order valence-electron chi connectivity index (χ3n) is 4.82. The molecular formula is C19H20N2O. The average molecular weight is 292 g/mol. The van der Waals surface area contributed by atoms with E-state index < -0.39 is 0 Å². The summed E-state index contributed by atoms with van der Waals surface area (Å²) < 4.78 is 0. The quantitative estimate of drug-likeness (QED) is 0.876. The van der Waals surface area contributed by atoms with Gasteiger partial charge in [-0.25, -0.2) is 0 Å². The molecule has 2 heterocycles. The first-order valence-electron chi connectivity index (χ1n) is 7.95. The van der Waals surface area contributed by atoms with E-state index in [4.69, 9.17) is 0 Å². The summed E-state index contributed by atoms with van der Waals surface area (Å²) in [5.41, 5.74) is 4.96. The zero-order valence-corrected chi connectivity index (χ0v) is 12.8. The highest BCUT2D eigenvalue weighted by Gasteiger charge is 2.35. The summed E-state index contributed by atoms with van der Waals surface area (Å²) >= 11 is 0. The second-order valence-electron chi connectivity index (χ2n) is 6.30. The van der Waals surface area contributed by atoms with Crippen LogP contribution in [0.25, 0.3) is 0 Å². The molecule has 4 rings (SSSR count). The Balaban J connectivity index is 1.61. The first-order chi connectivity index (χ1) is 10.7. The van der Waals surface area contributed by atoms with Crippen LogP contribution in [0.15, 0.2) is 48.5 Å². The normalized spacial score (nSPS) is 23.0. The SMILES string of the molecule is CC1Cc2ccccc2N1C(=O)C1Cc2ccccc2CN1. The van der Waals surface area contributed by atoms with Gasteiger partial charge in [-0.3, -0.25) is 4.79 Å². The van der Waals surface area contributed by atoms with Crippen molar-refractivity contribution in [1.82, 2.24) is 5.32 Å². The van der Waals surface area contributed by atoms with Gasteiger partial charge in [0.1, 0.15) is 0 Å². The Kier molecular flexibility index (Phi) is 3.23. The number of anilines is 1. The van der Waals surface area contributed by atoms with Crippen molar-refractivity contribution in [3.63, 3.8) is 0 Å². The molecule has 0 fully saturated rings. The summed E-state index contributed by atoms with van der Waals surface area (Å²) in [6.07, 6.45) is 1.73. The van der Waals surface area contributed by atoms with E-state index in [1.165, 1.54) is 16.7 Å². The molecule has 3 heteroatoms. The average Bonchev–Trinajstić information content (AvgIpc) is 2.89. The Hall–Kier alpha value is -2.13. The Bertz CT molecular complexity index is 725. The van der Waals surface area contributed by atoms with Crippen LogP contribution >= 0.6 is 0 Å². The number of benzene rings is 2. The number of carbonyl (C=O) groups excluding carboxylic acids is 1. The molecule has 22 heavy (non-hydrogen) atoms. The van der Waals surface area contributed by atoms with Gasteiger partial charge in [-0.2, -0.15) is 0 Å². The zero-order chi connectivity index (χ0) is 15.1. The molecule has 2 aliphatic rings. The minimum atomic E-state index is -0.122. The topological polar surface area (TPSA) is 32.3 Å². The van der Waals surface area contributed by atoms with Crippen molar-refractivity contribution in [2.24, 2.45) is 0 Å². The van der Waals surface area contributed by atoms with E-state index in [1.54, 1.807) is 0 Å². The molecule has 3 nitrogen and oxygen atoms in total. The molecule has 1 amide bonds. The first-order valence-corrected chi connectivity index (χ1v) is 7.95. The monoisotopic (exact) mass is 292 g/mol. The number of para-hydroxylation sites is 1. The van der Waals surface area contributed by atoms with Gasteiger partial charge in [0.05, 0.1) is 6.04 Å². The molecule has 0 aromatic heterocycles. The fraction of sp³-hybridized carbons (Fsp3) is 0.316. The molecular weight excluding hydrogens is 272 g/mol. The molecule has 1 N–H and O–H groups in total. The molecule has 2 unspecified atom stereocenters. The number of amides is 1. The van der Waals surface area contributed by atoms with Crippen LogP contribution in [0.1, 0.15) is 23.6 Å². The van der Waals surface area contributed by atoms with Crippen molar-refractivity contribution < 1.29 is 4.79 Å². The van der Waals surface area contributed by atoms with Crippen LogP contribution in [0.4, 0.5) is 5.69 Å². The Labute approximate surface area is 131 Å². The van der Waals surface area contributed by atoms with Crippen molar-refractivity contribution in [3.05, 3.63) is 65.2 Å². The molecule has 2 aromatic carbocycles. The van der Waals surface area contributed by atoms with Crippen molar-refractivity contribution in [1.29, 1.82) is 0 Å². The van der Waals surface area contributed by atoms with Crippen LogP contribution in [0, 0.1) is 0 Å². The van der Waals surface area contributed by atoms with Crippen molar-refractivity contribution >= 4 is 11.6 Å². The van der Waals surface area contributed by atoms with Gasteiger partial charge < -0.3 is 10.2 Å². The van der Waals surface area contributed by atoms with E-state index in [9.17, 15) is 4.79 Å². The highest BCUT2D eigenvalue weighted by atomic mass is 16.2. The van der Waals surface area contributed by atoms with Gasteiger partial charge in [-0.05, 0) is 42.5 Å². The van der Waals surface area contributed by atoms with E-state index in [0.717, 1.165) is 25.1 Å². The van der Waals surface area contributed by atoms with E-state index in [0.29, 0.717) is 0 Å². The van der Waals surface area contributed by atoms with Gasteiger partial charge in [0.15, 0.2) is 0 Å². The van der Waals surface area contributed by atoms with Crippen molar-refractivity contribution in [2.45, 2.75) is 38.4 Å². The lowest BCUT2D eigenvalue weighted by molar-refractivity contribution is -0.121. The predicted octanol–water partition coefficient (Wildman–Crippen LogP) is 2.68. The minimum Gasteiger partial charge on any atom is -0.308 e. The van der Waals surface area contributed by atoms with E-state index in [2.05, 4.69) is 54.7 Å². The molecule has 0 bridgehead atoms. The lowest BCUT2D eigenvalue weighted by atomic mass is 9.95. The summed E-state index contributed by atoms with van der Waals surface area (Å²) in [6, 6.07) is 16.8. The summed E-state index contributed by atoms with van der Waals surface area (Å²) in [5, 5.41) is 3.41.